The summed E-state index contributed by atoms with van der Waals surface area (Å²) in [7, 11) is 0.0839. The number of anilines is 1. The van der Waals surface area contributed by atoms with E-state index < -0.39 is 38.4 Å². The zero-order chi connectivity index (χ0) is 31.6. The number of nitrogens with two attached hydrogens (primary N) is 1. The highest BCUT2D eigenvalue weighted by Crippen LogP contribution is 2.44. The molecular formula is C31H31N5O8P+. The highest BCUT2D eigenvalue weighted by molar-refractivity contribution is 7.32. The molecule has 0 spiro atoms. The largest absolute Gasteiger partial charge is 0.695 e. The lowest BCUT2D eigenvalue weighted by Crippen LogP contribution is -2.39. The number of benzene rings is 3. The van der Waals surface area contributed by atoms with Gasteiger partial charge in [-0.3, -0.25) is 4.57 Å². The lowest BCUT2D eigenvalue weighted by molar-refractivity contribution is -0.0939. The van der Waals surface area contributed by atoms with Crippen molar-refractivity contribution in [1.82, 2.24) is 19.5 Å². The average molecular weight is 633 g/mol. The van der Waals surface area contributed by atoms with Crippen molar-refractivity contribution in [3.63, 3.8) is 0 Å². The zero-order valence-corrected chi connectivity index (χ0v) is 25.2. The van der Waals surface area contributed by atoms with Crippen LogP contribution in [-0.4, -0.2) is 68.7 Å². The standard InChI is InChI=1S/C31H30N5O8P/c1-40-22-12-8-20(9-13-22)31(19-6-4-3-5-7-19,21-10-14-23(41-2)15-11-21)42-16-24-26(37)27(44-45(38)39)30(43-24)36-18-35-25-28(32)33-17-34-29(25)36/h3-15,17-18,24,26-27,30,37H,16H2,1-2H3,(H2-,32,33,34,38,39)/p+1/t24-,26-,27-,30-/m1/s1. The van der Waals surface area contributed by atoms with Crippen molar-refractivity contribution in [3.8, 4) is 11.5 Å². The lowest BCUT2D eigenvalue weighted by Gasteiger charge is -2.37. The first-order valence-electron chi connectivity index (χ1n) is 13.9. The first kappa shape index (κ1) is 30.5. The molecule has 0 saturated carbocycles. The molecule has 1 fully saturated rings. The molecular weight excluding hydrogens is 601 g/mol. The van der Waals surface area contributed by atoms with Crippen LogP contribution in [0.15, 0.2) is 91.5 Å². The zero-order valence-electron chi connectivity index (χ0n) is 24.3. The van der Waals surface area contributed by atoms with Gasteiger partial charge in [-0.1, -0.05) is 54.6 Å². The van der Waals surface area contributed by atoms with E-state index in [-0.39, 0.29) is 12.4 Å². The van der Waals surface area contributed by atoms with Crippen LogP contribution in [-0.2, 0) is 24.2 Å². The number of nitrogens with zero attached hydrogens (tertiary/aromatic N) is 4. The smallest absolute Gasteiger partial charge is 0.497 e. The van der Waals surface area contributed by atoms with E-state index in [1.807, 2.05) is 78.9 Å². The van der Waals surface area contributed by atoms with Crippen molar-refractivity contribution >= 4 is 25.2 Å². The quantitative estimate of drug-likeness (QED) is 0.142. The van der Waals surface area contributed by atoms with Crippen LogP contribution in [0.3, 0.4) is 0 Å². The Bertz CT molecular complexity index is 1720. The van der Waals surface area contributed by atoms with Crippen LogP contribution >= 0.6 is 8.25 Å². The van der Waals surface area contributed by atoms with Crippen LogP contribution in [0.25, 0.3) is 11.2 Å². The lowest BCUT2D eigenvalue weighted by atomic mass is 9.80. The highest BCUT2D eigenvalue weighted by atomic mass is 31.1. The van der Waals surface area contributed by atoms with Gasteiger partial charge in [-0.2, -0.15) is 0 Å². The Hall–Kier alpha value is -4.49. The molecule has 1 unspecified atom stereocenters. The molecule has 1 aliphatic heterocycles. The van der Waals surface area contributed by atoms with E-state index in [9.17, 15) is 14.6 Å². The van der Waals surface area contributed by atoms with Gasteiger partial charge in [-0.05, 0) is 41.0 Å². The molecule has 3 aromatic carbocycles. The molecule has 45 heavy (non-hydrogen) atoms. The second-order valence-corrected chi connectivity index (χ2v) is 10.9. The number of aliphatic hydroxyl groups is 1. The summed E-state index contributed by atoms with van der Waals surface area (Å²) in [5.41, 5.74) is 7.76. The minimum atomic E-state index is -3.10. The van der Waals surface area contributed by atoms with E-state index in [0.717, 1.165) is 16.7 Å². The van der Waals surface area contributed by atoms with E-state index in [0.29, 0.717) is 22.7 Å². The third-order valence-corrected chi connectivity index (χ3v) is 8.25. The molecule has 1 saturated heterocycles. The summed E-state index contributed by atoms with van der Waals surface area (Å²) in [6.07, 6.45) is -2.08. The van der Waals surface area contributed by atoms with Gasteiger partial charge in [-0.25, -0.2) is 15.0 Å². The Morgan fingerprint density at radius 2 is 1.51 bits per heavy atom. The summed E-state index contributed by atoms with van der Waals surface area (Å²) in [5, 5.41) is 11.4. The predicted octanol–water partition coefficient (Wildman–Crippen LogP) is 3.73. The number of ether oxygens (including phenoxy) is 4. The molecule has 4 N–H and O–H groups in total. The molecule has 1 aliphatic rings. The van der Waals surface area contributed by atoms with Gasteiger partial charge in [0.1, 0.15) is 41.2 Å². The Labute approximate surface area is 259 Å². The molecule has 0 radical (unpaired) electrons. The number of methoxy groups -OCH3 is 2. The number of fused-ring (bicyclic) bond motifs is 1. The molecule has 0 amide bonds. The summed E-state index contributed by atoms with van der Waals surface area (Å²) >= 11 is 0. The van der Waals surface area contributed by atoms with E-state index >= 15 is 0 Å². The second-order valence-electron chi connectivity index (χ2n) is 10.3. The predicted molar refractivity (Wildman–Crippen MR) is 163 cm³/mol. The fourth-order valence-electron chi connectivity index (χ4n) is 5.64. The van der Waals surface area contributed by atoms with E-state index in [2.05, 4.69) is 15.0 Å². The maximum Gasteiger partial charge on any atom is 0.695 e. The summed E-state index contributed by atoms with van der Waals surface area (Å²) in [5.74, 6) is 1.49. The van der Waals surface area contributed by atoms with Gasteiger partial charge in [0.2, 0.25) is 0 Å². The molecule has 0 bridgehead atoms. The normalized spacial score (nSPS) is 20.3. The summed E-state index contributed by atoms with van der Waals surface area (Å²) in [6.45, 7) is -0.156. The van der Waals surface area contributed by atoms with Crippen molar-refractivity contribution in [3.05, 3.63) is 108 Å². The Morgan fingerprint density at radius 3 is 2.09 bits per heavy atom. The third-order valence-electron chi connectivity index (χ3n) is 7.82. The molecule has 6 rings (SSSR count). The van der Waals surface area contributed by atoms with Gasteiger partial charge >= 0.3 is 8.25 Å². The van der Waals surface area contributed by atoms with Crippen molar-refractivity contribution in [1.29, 1.82) is 0 Å². The minimum Gasteiger partial charge on any atom is -0.497 e. The summed E-state index contributed by atoms with van der Waals surface area (Å²) < 4.78 is 42.6. The van der Waals surface area contributed by atoms with E-state index in [1.54, 1.807) is 14.2 Å². The van der Waals surface area contributed by atoms with Gasteiger partial charge < -0.3 is 29.8 Å². The SMILES string of the molecule is COc1ccc(C(OC[C@H]2O[C@@H](n3cnc4c(N)ncnc43)[C@H](O[P+](=O)O)[C@@H]2O)(c2ccccc2)c2ccc(OC)cc2)cc1. The maximum absolute atomic E-state index is 11.9. The number of nitrogen functional groups attached to an aromatic ring is 1. The number of aromatic nitrogens is 4. The van der Waals surface area contributed by atoms with Crippen LogP contribution in [0.1, 0.15) is 22.9 Å². The molecule has 232 valence electrons. The first-order valence-corrected chi connectivity index (χ1v) is 15.1. The number of imidazole rings is 1. The van der Waals surface area contributed by atoms with Crippen molar-refractivity contribution in [2.24, 2.45) is 0 Å². The van der Waals surface area contributed by atoms with E-state index in [1.165, 1.54) is 17.2 Å². The number of hydrogen-bond donors (Lipinski definition) is 3. The number of rotatable bonds is 11. The van der Waals surface area contributed by atoms with Gasteiger partial charge in [0.05, 0.1) is 27.2 Å². The molecule has 13 nitrogen and oxygen atoms in total. The molecule has 5 aromatic rings. The third kappa shape index (κ3) is 5.73. The topological polar surface area (TPSA) is 173 Å². The fraction of sp³-hybridized carbons (Fsp3) is 0.258. The molecule has 2 aromatic heterocycles. The van der Waals surface area contributed by atoms with Crippen LogP contribution in [0.5, 0.6) is 11.5 Å². The molecule has 0 aliphatic carbocycles. The summed E-state index contributed by atoms with van der Waals surface area (Å²) in [4.78, 5) is 22.1. The van der Waals surface area contributed by atoms with Crippen molar-refractivity contribution in [2.45, 2.75) is 30.1 Å². The fourth-order valence-corrected chi connectivity index (χ4v) is 6.07. The van der Waals surface area contributed by atoms with Crippen molar-refractivity contribution in [2.75, 3.05) is 26.6 Å². The van der Waals surface area contributed by atoms with Gasteiger partial charge in [-0.15, -0.1) is 9.42 Å². The molecule has 14 heteroatoms. The minimum absolute atomic E-state index is 0.148. The average Bonchev–Trinajstić information content (AvgIpc) is 3.63. The number of hydrogen-bond acceptors (Lipinski definition) is 11. The molecule has 5 atom stereocenters. The van der Waals surface area contributed by atoms with Crippen LogP contribution in [0.2, 0.25) is 0 Å². The Balaban J connectivity index is 1.41. The maximum atomic E-state index is 11.9. The van der Waals surface area contributed by atoms with Gasteiger partial charge in [0, 0.05) is 4.57 Å². The summed E-state index contributed by atoms with van der Waals surface area (Å²) in [6, 6.07) is 24.7. The first-order chi connectivity index (χ1) is 21.8. The monoisotopic (exact) mass is 632 g/mol. The Kier molecular flexibility index (Phi) is 8.72. The Morgan fingerprint density at radius 1 is 0.911 bits per heavy atom. The van der Waals surface area contributed by atoms with Crippen LogP contribution in [0.4, 0.5) is 5.82 Å². The van der Waals surface area contributed by atoms with Gasteiger partial charge in [0.25, 0.3) is 0 Å². The van der Waals surface area contributed by atoms with E-state index in [4.69, 9.17) is 29.2 Å². The second kappa shape index (κ2) is 12.9. The highest BCUT2D eigenvalue weighted by Gasteiger charge is 2.52. The van der Waals surface area contributed by atoms with Crippen molar-refractivity contribution < 1.29 is 38.0 Å². The molecule has 3 heterocycles. The van der Waals surface area contributed by atoms with Crippen LogP contribution in [0, 0.1) is 0 Å². The van der Waals surface area contributed by atoms with Gasteiger partial charge in [0.15, 0.2) is 23.8 Å². The number of aliphatic hydroxyl groups excluding tert-OH is 1. The van der Waals surface area contributed by atoms with Crippen LogP contribution < -0.4 is 15.2 Å².